The molecule has 0 aliphatic carbocycles. The largest absolute Gasteiger partial charge is 0.381 e. The van der Waals surface area contributed by atoms with Crippen LogP contribution in [0.3, 0.4) is 0 Å². The van der Waals surface area contributed by atoms with Gasteiger partial charge in [0.25, 0.3) is 5.91 Å². The van der Waals surface area contributed by atoms with Crippen molar-refractivity contribution in [3.05, 3.63) is 102 Å². The first-order chi connectivity index (χ1) is 18.2. The summed E-state index contributed by atoms with van der Waals surface area (Å²) in [7, 11) is 0. The highest BCUT2D eigenvalue weighted by molar-refractivity contribution is 6.01. The molecule has 0 spiro atoms. The number of aryl methyl sites for hydroxylation is 1. The quantitative estimate of drug-likeness (QED) is 0.274. The van der Waals surface area contributed by atoms with Crippen molar-refractivity contribution in [3.8, 4) is 11.8 Å². The van der Waals surface area contributed by atoms with Gasteiger partial charge in [0.1, 0.15) is 6.07 Å². The Balaban J connectivity index is 1.43. The molecule has 186 valence electrons. The molecule has 0 saturated heterocycles. The van der Waals surface area contributed by atoms with E-state index in [1.807, 2.05) is 70.3 Å². The van der Waals surface area contributed by atoms with Crippen molar-refractivity contribution in [2.24, 2.45) is 5.16 Å². The highest BCUT2D eigenvalue weighted by atomic mass is 16.6. The van der Waals surface area contributed by atoms with Crippen LogP contribution in [0.1, 0.15) is 49.3 Å². The van der Waals surface area contributed by atoms with E-state index in [0.717, 1.165) is 41.4 Å². The van der Waals surface area contributed by atoms with Crippen LogP contribution in [0, 0.1) is 11.3 Å². The summed E-state index contributed by atoms with van der Waals surface area (Å²) in [6.07, 6.45) is 5.36. The van der Waals surface area contributed by atoms with E-state index >= 15 is 0 Å². The van der Waals surface area contributed by atoms with E-state index in [1.165, 1.54) is 5.56 Å². The fourth-order valence-electron chi connectivity index (χ4n) is 4.85. The summed E-state index contributed by atoms with van der Waals surface area (Å²) < 4.78 is 2.03. The highest BCUT2D eigenvalue weighted by Crippen LogP contribution is 2.28. The minimum Gasteiger partial charge on any atom is -0.381 e. The zero-order valence-electron chi connectivity index (χ0n) is 21.0. The molecule has 1 atom stereocenters. The lowest BCUT2D eigenvalue weighted by Gasteiger charge is -2.31. The zero-order chi connectivity index (χ0) is 25.6. The van der Waals surface area contributed by atoms with Crippen LogP contribution >= 0.6 is 0 Å². The normalized spacial score (nSPS) is 15.4. The Morgan fingerprint density at radius 2 is 1.78 bits per heavy atom. The molecule has 0 fully saturated rings. The third-order valence-corrected chi connectivity index (χ3v) is 6.87. The van der Waals surface area contributed by atoms with Gasteiger partial charge in [-0.05, 0) is 48.2 Å². The number of amidine groups is 1. The van der Waals surface area contributed by atoms with Crippen LogP contribution < -0.4 is 0 Å². The minimum absolute atomic E-state index is 0.0386. The first-order valence-electron chi connectivity index (χ1n) is 12.9. The summed E-state index contributed by atoms with van der Waals surface area (Å²) in [5.74, 6) is 0.650. The fraction of sp³-hybridized carbons (Fsp3) is 0.258. The summed E-state index contributed by atoms with van der Waals surface area (Å²) in [5.41, 5.74) is 4.66. The molecular formula is C31H30N4O2. The number of carbonyl (C=O) groups excluding carboxylic acids is 1. The van der Waals surface area contributed by atoms with Crippen LogP contribution in [0.2, 0.25) is 0 Å². The lowest BCUT2D eigenvalue weighted by molar-refractivity contribution is -0.144. The van der Waals surface area contributed by atoms with Crippen LogP contribution in [-0.2, 0) is 22.6 Å². The molecule has 6 heteroatoms. The van der Waals surface area contributed by atoms with Crippen molar-refractivity contribution < 1.29 is 9.63 Å². The number of hydrogen-bond donors (Lipinski definition) is 0. The first-order valence-corrected chi connectivity index (χ1v) is 12.9. The number of nitrogens with zero attached hydrogens (tertiary/aromatic N) is 4. The maximum absolute atomic E-state index is 13.6. The first kappa shape index (κ1) is 24.3. The Morgan fingerprint density at radius 1 is 0.973 bits per heavy atom. The number of unbranched alkanes of at least 4 members (excludes halogenated alkanes) is 1. The second-order valence-electron chi connectivity index (χ2n) is 9.32. The lowest BCUT2D eigenvalue weighted by atomic mass is 10.0. The predicted octanol–water partition coefficient (Wildman–Crippen LogP) is 6.37. The molecule has 0 N–H and O–H groups in total. The Kier molecular flexibility index (Phi) is 7.32. The minimum atomic E-state index is -0.600. The van der Waals surface area contributed by atoms with Gasteiger partial charge in [-0.3, -0.25) is 9.69 Å². The van der Waals surface area contributed by atoms with Gasteiger partial charge < -0.3 is 9.40 Å². The average molecular weight is 491 g/mol. The maximum Gasteiger partial charge on any atom is 0.272 e. The second-order valence-corrected chi connectivity index (χ2v) is 9.32. The fourth-order valence-corrected chi connectivity index (χ4v) is 4.85. The number of oxime groups is 1. The number of nitriles is 1. The van der Waals surface area contributed by atoms with Crippen molar-refractivity contribution in [3.63, 3.8) is 0 Å². The lowest BCUT2D eigenvalue weighted by Crippen LogP contribution is -2.47. The second kappa shape index (κ2) is 11.1. The molecule has 1 aliphatic rings. The summed E-state index contributed by atoms with van der Waals surface area (Å²) in [5, 5.41) is 15.1. The molecule has 1 aromatic heterocycles. The average Bonchev–Trinajstić information content (AvgIpc) is 3.38. The van der Waals surface area contributed by atoms with Gasteiger partial charge in [-0.2, -0.15) is 5.26 Å². The number of rotatable bonds is 9. The topological polar surface area (TPSA) is 70.6 Å². The third-order valence-electron chi connectivity index (χ3n) is 6.87. The molecule has 0 saturated carbocycles. The van der Waals surface area contributed by atoms with Gasteiger partial charge in [0.15, 0.2) is 5.84 Å². The predicted molar refractivity (Wildman–Crippen MR) is 145 cm³/mol. The van der Waals surface area contributed by atoms with E-state index in [-0.39, 0.29) is 5.91 Å². The summed E-state index contributed by atoms with van der Waals surface area (Å²) in [6.45, 7) is 2.55. The van der Waals surface area contributed by atoms with Crippen LogP contribution in [0.15, 0.2) is 90.2 Å². The van der Waals surface area contributed by atoms with Gasteiger partial charge in [0, 0.05) is 24.4 Å². The molecule has 5 rings (SSSR count). The van der Waals surface area contributed by atoms with Crippen molar-refractivity contribution in [2.75, 3.05) is 0 Å². The third kappa shape index (κ3) is 5.12. The zero-order valence-corrected chi connectivity index (χ0v) is 21.0. The van der Waals surface area contributed by atoms with Crippen LogP contribution in [0.5, 0.6) is 0 Å². The van der Waals surface area contributed by atoms with Gasteiger partial charge in [-0.1, -0.05) is 73.1 Å². The number of amides is 1. The summed E-state index contributed by atoms with van der Waals surface area (Å²) in [4.78, 5) is 21.2. The number of aromatic nitrogens is 1. The highest BCUT2D eigenvalue weighted by Gasteiger charge is 2.33. The smallest absolute Gasteiger partial charge is 0.272 e. The molecule has 0 radical (unpaired) electrons. The monoisotopic (exact) mass is 490 g/mol. The Bertz CT molecular complexity index is 1470. The number of benzene rings is 3. The molecule has 0 bridgehead atoms. The van der Waals surface area contributed by atoms with Gasteiger partial charge >= 0.3 is 0 Å². The Hall–Kier alpha value is -4.37. The van der Waals surface area contributed by atoms with Crippen LogP contribution in [0.25, 0.3) is 16.6 Å². The summed E-state index contributed by atoms with van der Waals surface area (Å²) >= 11 is 0. The van der Waals surface area contributed by atoms with Crippen LogP contribution in [0.4, 0.5) is 0 Å². The van der Waals surface area contributed by atoms with E-state index in [2.05, 4.69) is 42.4 Å². The van der Waals surface area contributed by atoms with E-state index < -0.39 is 6.10 Å². The van der Waals surface area contributed by atoms with E-state index in [9.17, 15) is 10.1 Å². The number of hydrogen-bond acceptors (Lipinski definition) is 4. The molecule has 6 nitrogen and oxygen atoms in total. The van der Waals surface area contributed by atoms with Gasteiger partial charge in [-0.15, -0.1) is 0 Å². The van der Waals surface area contributed by atoms with Crippen LogP contribution in [-0.4, -0.2) is 27.3 Å². The van der Waals surface area contributed by atoms with E-state index in [0.29, 0.717) is 30.8 Å². The van der Waals surface area contributed by atoms with Crippen molar-refractivity contribution in [1.82, 2.24) is 9.47 Å². The number of para-hydroxylation sites is 1. The molecule has 37 heavy (non-hydrogen) atoms. The molecule has 3 aromatic carbocycles. The van der Waals surface area contributed by atoms with E-state index in [1.54, 1.807) is 0 Å². The van der Waals surface area contributed by atoms with Gasteiger partial charge in [-0.25, -0.2) is 0 Å². The van der Waals surface area contributed by atoms with Gasteiger partial charge in [0.2, 0.25) is 6.10 Å². The molecule has 1 unspecified atom stereocenters. The number of carbonyl (C=O) groups is 1. The Labute approximate surface area is 217 Å². The molecule has 4 aromatic rings. The molecule has 1 aliphatic heterocycles. The van der Waals surface area contributed by atoms with Crippen molar-refractivity contribution >= 4 is 22.6 Å². The van der Waals surface area contributed by atoms with Crippen molar-refractivity contribution in [2.45, 2.75) is 51.7 Å². The SMILES string of the molecule is CCCCC1=NOC(CCc2ccccc2)C(=O)N1Cc1cccc2c1ccn2-c1ccccc1C#N. The van der Waals surface area contributed by atoms with Gasteiger partial charge in [0.05, 0.1) is 23.3 Å². The number of fused-ring (bicyclic) bond motifs is 1. The van der Waals surface area contributed by atoms with Crippen molar-refractivity contribution in [1.29, 1.82) is 5.26 Å². The molecule has 1 amide bonds. The summed E-state index contributed by atoms with van der Waals surface area (Å²) in [6, 6.07) is 28.2. The maximum atomic E-state index is 13.6. The van der Waals surface area contributed by atoms with E-state index in [4.69, 9.17) is 4.84 Å². The standard InChI is InChI=1S/C31H30N4O2/c1-2-3-16-30-33-37-29(18-17-23-10-5-4-6-11-23)31(36)35(30)22-25-13-9-15-28-26(25)19-20-34(28)27-14-8-7-12-24(27)21-32/h4-15,19-20,29H,2-3,16-18,22H2,1H3. The molecular weight excluding hydrogens is 460 g/mol. The Morgan fingerprint density at radius 3 is 2.59 bits per heavy atom. The molecule has 2 heterocycles.